The maximum Gasteiger partial charge on any atom is -0.00203 e. The van der Waals surface area contributed by atoms with Crippen LogP contribution in [0.3, 0.4) is 0 Å². The smallest absolute Gasteiger partial charge is 0.00203 e. The predicted molar refractivity (Wildman–Crippen MR) is 429 cm³/mol. The fourth-order valence-electron chi connectivity index (χ4n) is 16.4. The van der Waals surface area contributed by atoms with E-state index in [1.807, 2.05) is 0 Å². The summed E-state index contributed by atoms with van der Waals surface area (Å²) in [5.41, 5.74) is 26.1. The molecule has 0 fully saturated rings. The topological polar surface area (TPSA) is 0 Å². The van der Waals surface area contributed by atoms with Crippen LogP contribution in [0.5, 0.6) is 0 Å². The van der Waals surface area contributed by atoms with Crippen LogP contribution in [0.2, 0.25) is 0 Å². The van der Waals surface area contributed by atoms with Crippen LogP contribution in [-0.2, 0) is 0 Å². The van der Waals surface area contributed by atoms with Crippen molar-refractivity contribution < 1.29 is 0 Å². The van der Waals surface area contributed by atoms with Gasteiger partial charge in [0.1, 0.15) is 0 Å². The van der Waals surface area contributed by atoms with Gasteiger partial charge >= 0.3 is 0 Å². The molecule has 0 bridgehead atoms. The van der Waals surface area contributed by atoms with Gasteiger partial charge in [-0.3, -0.25) is 0 Å². The van der Waals surface area contributed by atoms with Gasteiger partial charge in [0.15, 0.2) is 0 Å². The van der Waals surface area contributed by atoms with E-state index in [-0.39, 0.29) is 0 Å². The van der Waals surface area contributed by atoms with Crippen molar-refractivity contribution >= 4 is 75.4 Å². The number of hydrogen-bond donors (Lipinski definition) is 0. The third kappa shape index (κ3) is 9.91. The highest BCUT2D eigenvalue weighted by Gasteiger charge is 2.26. The molecule has 19 rings (SSSR count). The van der Waals surface area contributed by atoms with Crippen molar-refractivity contribution in [2.75, 3.05) is 0 Å². The molecule has 0 aliphatic carbocycles. The molecule has 0 amide bonds. The maximum atomic E-state index is 2.50. The third-order valence-corrected chi connectivity index (χ3v) is 20.9. The number of fused-ring (bicyclic) bond motifs is 8. The SMILES string of the molecule is c1ccc(-c2c(-c3ccccc3)c3ccc(-c4c5ccccc5c(-c5cccc(-c6cc(-c7ccccc7-c7cccc8ccccc78)c(-c7ccc(-c8cccc9ccccc89)cc7)c(-c7ccccc7-c7cccc8ccccc78)c6)c5)c5ccccc45)cc3c3ccccc23)cc1. The first-order valence-electron chi connectivity index (χ1n) is 34.7. The first-order valence-corrected chi connectivity index (χ1v) is 34.7. The van der Waals surface area contributed by atoms with Crippen molar-refractivity contribution in [2.24, 2.45) is 0 Å². The quantitative estimate of drug-likeness (QED) is 0.0894. The molecule has 0 saturated carbocycles. The highest BCUT2D eigenvalue weighted by Crippen LogP contribution is 2.52. The Morgan fingerprint density at radius 3 is 0.870 bits per heavy atom. The van der Waals surface area contributed by atoms with Crippen LogP contribution in [0.25, 0.3) is 198 Å². The molecule has 100 heavy (non-hydrogen) atoms. The normalized spacial score (nSPS) is 11.6. The summed E-state index contributed by atoms with van der Waals surface area (Å²) < 4.78 is 0. The lowest BCUT2D eigenvalue weighted by atomic mass is 9.80. The van der Waals surface area contributed by atoms with E-state index >= 15 is 0 Å². The van der Waals surface area contributed by atoms with Crippen LogP contribution in [-0.4, -0.2) is 0 Å². The standard InChI is InChI=1S/C100H64/c1-3-30-69(31-4-1)99-87-47-18-17-46-86(87)93-62-74(59-60-92(93)100(99)70-32-5-2-6-33-70)98-90-50-21-19-48-88(90)97(89-49-20-22-51-91(89)98)73-38-23-37-72(61-73)75-63-94(84-44-15-13-42-82(84)80-53-25-35-66-28-8-11-40-78(66)80)96(71-57-55-68(56-58-71)77-52-24-34-65-27-7-10-39-76(65)77)95(64-75)85-45-16-14-43-83(85)81-54-26-36-67-29-9-12-41-79(67)81/h1-64H. The van der Waals surface area contributed by atoms with E-state index in [0.29, 0.717) is 0 Å². The predicted octanol–water partition coefficient (Wildman–Crippen LogP) is 28.1. The second-order valence-electron chi connectivity index (χ2n) is 26.4. The molecule has 0 heterocycles. The molecule has 0 N–H and O–H groups in total. The van der Waals surface area contributed by atoms with E-state index in [0.717, 1.165) is 44.5 Å². The molecular weight excluding hydrogens is 1200 g/mol. The summed E-state index contributed by atoms with van der Waals surface area (Å²) in [5, 5.41) is 17.1. The molecule has 19 aromatic rings. The van der Waals surface area contributed by atoms with Crippen LogP contribution < -0.4 is 0 Å². The summed E-state index contributed by atoms with van der Waals surface area (Å²) in [5.74, 6) is 0. The van der Waals surface area contributed by atoms with E-state index < -0.39 is 0 Å². The average molecular weight is 1270 g/mol. The highest BCUT2D eigenvalue weighted by molar-refractivity contribution is 6.25. The Labute approximate surface area is 582 Å². The summed E-state index contributed by atoms with van der Waals surface area (Å²) in [6.45, 7) is 0. The van der Waals surface area contributed by atoms with Gasteiger partial charge in [-0.05, 0) is 222 Å². The molecule has 0 aromatic heterocycles. The molecule has 0 unspecified atom stereocenters. The second kappa shape index (κ2) is 24.6. The largest absolute Gasteiger partial charge is 0.0622 e. The zero-order valence-electron chi connectivity index (χ0n) is 55.0. The summed E-state index contributed by atoms with van der Waals surface area (Å²) in [6.07, 6.45) is 0. The molecule has 0 radical (unpaired) electrons. The molecule has 19 aromatic carbocycles. The zero-order valence-corrected chi connectivity index (χ0v) is 55.0. The minimum absolute atomic E-state index is 1.13. The van der Waals surface area contributed by atoms with Crippen molar-refractivity contribution in [3.8, 4) is 122 Å². The molecule has 0 atom stereocenters. The van der Waals surface area contributed by atoms with Crippen molar-refractivity contribution in [3.63, 3.8) is 0 Å². The van der Waals surface area contributed by atoms with Gasteiger partial charge in [-0.15, -0.1) is 0 Å². The fraction of sp³-hybridized carbons (Fsp3) is 0. The molecule has 0 spiro atoms. The molecule has 0 nitrogen and oxygen atoms in total. The minimum atomic E-state index is 1.13. The van der Waals surface area contributed by atoms with E-state index in [1.54, 1.807) is 0 Å². The van der Waals surface area contributed by atoms with Crippen LogP contribution in [0.15, 0.2) is 388 Å². The Morgan fingerprint density at radius 2 is 0.390 bits per heavy atom. The average Bonchev–Trinajstić information content (AvgIpc) is 0.772. The van der Waals surface area contributed by atoms with Crippen LogP contribution >= 0.6 is 0 Å². The lowest BCUT2D eigenvalue weighted by Crippen LogP contribution is -1.97. The Morgan fingerprint density at radius 1 is 0.100 bits per heavy atom. The maximum absolute atomic E-state index is 2.50. The van der Waals surface area contributed by atoms with Crippen LogP contribution in [0, 0.1) is 0 Å². The molecular formula is C100H64. The summed E-state index contributed by atoms with van der Waals surface area (Å²) >= 11 is 0. The highest BCUT2D eigenvalue weighted by atomic mass is 14.3. The Balaban J connectivity index is 0.850. The molecule has 0 aliphatic heterocycles. The zero-order chi connectivity index (χ0) is 66.0. The van der Waals surface area contributed by atoms with Crippen molar-refractivity contribution in [1.82, 2.24) is 0 Å². The molecule has 0 aliphatic rings. The summed E-state index contributed by atoms with van der Waals surface area (Å²) in [4.78, 5) is 0. The number of benzene rings is 19. The van der Waals surface area contributed by atoms with Gasteiger partial charge in [0.2, 0.25) is 0 Å². The van der Waals surface area contributed by atoms with Gasteiger partial charge in [0, 0.05) is 0 Å². The monoisotopic (exact) mass is 1260 g/mol. The second-order valence-corrected chi connectivity index (χ2v) is 26.4. The molecule has 0 heteroatoms. The van der Waals surface area contributed by atoms with Gasteiger partial charge in [0.05, 0.1) is 0 Å². The molecule has 464 valence electrons. The third-order valence-electron chi connectivity index (χ3n) is 20.9. The van der Waals surface area contributed by atoms with Crippen molar-refractivity contribution in [1.29, 1.82) is 0 Å². The van der Waals surface area contributed by atoms with Gasteiger partial charge < -0.3 is 0 Å². The number of rotatable bonds is 11. The lowest BCUT2D eigenvalue weighted by molar-refractivity contribution is 1.53. The Hall–Kier alpha value is -13.0. The molecule has 0 saturated heterocycles. The van der Waals surface area contributed by atoms with Gasteiger partial charge in [-0.25, -0.2) is 0 Å². The first-order chi connectivity index (χ1) is 49.6. The number of hydrogen-bond acceptors (Lipinski definition) is 0. The summed E-state index contributed by atoms with van der Waals surface area (Å²) in [6, 6.07) is 145. The van der Waals surface area contributed by atoms with Crippen LogP contribution in [0.4, 0.5) is 0 Å². The first kappa shape index (κ1) is 58.4. The van der Waals surface area contributed by atoms with Crippen molar-refractivity contribution in [2.45, 2.75) is 0 Å². The van der Waals surface area contributed by atoms with Crippen LogP contribution in [0.1, 0.15) is 0 Å². The van der Waals surface area contributed by atoms with Crippen molar-refractivity contribution in [3.05, 3.63) is 388 Å². The Kier molecular flexibility index (Phi) is 14.3. The lowest BCUT2D eigenvalue weighted by Gasteiger charge is -2.23. The fourth-order valence-corrected chi connectivity index (χ4v) is 16.4. The van der Waals surface area contributed by atoms with Gasteiger partial charge in [0.25, 0.3) is 0 Å². The van der Waals surface area contributed by atoms with Gasteiger partial charge in [-0.1, -0.05) is 364 Å². The van der Waals surface area contributed by atoms with E-state index in [1.165, 1.54) is 153 Å². The Bertz CT molecular complexity index is 6220. The van der Waals surface area contributed by atoms with Gasteiger partial charge in [-0.2, -0.15) is 0 Å². The minimum Gasteiger partial charge on any atom is -0.0622 e. The summed E-state index contributed by atoms with van der Waals surface area (Å²) in [7, 11) is 0. The van der Waals surface area contributed by atoms with E-state index in [4.69, 9.17) is 0 Å². The van der Waals surface area contributed by atoms with E-state index in [9.17, 15) is 0 Å². The van der Waals surface area contributed by atoms with E-state index in [2.05, 4.69) is 388 Å².